The summed E-state index contributed by atoms with van der Waals surface area (Å²) >= 11 is 0. The van der Waals surface area contributed by atoms with Crippen LogP contribution in [-0.4, -0.2) is 53.2 Å². The fourth-order valence-electron chi connectivity index (χ4n) is 3.65. The number of nitrogens with zero attached hydrogens (tertiary/aromatic N) is 2. The highest BCUT2D eigenvalue weighted by atomic mass is 16.3. The van der Waals surface area contributed by atoms with Crippen molar-refractivity contribution in [2.45, 2.75) is 44.4 Å². The van der Waals surface area contributed by atoms with Crippen molar-refractivity contribution in [1.82, 2.24) is 9.80 Å². The van der Waals surface area contributed by atoms with Crippen LogP contribution in [0.5, 0.6) is 0 Å². The first-order chi connectivity index (χ1) is 9.83. The van der Waals surface area contributed by atoms with Crippen LogP contribution in [0.25, 0.3) is 0 Å². The number of benzene rings is 1. The van der Waals surface area contributed by atoms with Gasteiger partial charge in [0, 0.05) is 25.7 Å². The minimum absolute atomic E-state index is 0.189. The summed E-state index contributed by atoms with van der Waals surface area (Å²) in [5.41, 5.74) is 1.34. The lowest BCUT2D eigenvalue weighted by molar-refractivity contribution is -0.0213. The third-order valence-corrected chi connectivity index (χ3v) is 4.74. The Morgan fingerprint density at radius 2 is 1.75 bits per heavy atom. The van der Waals surface area contributed by atoms with Crippen molar-refractivity contribution in [1.29, 1.82) is 0 Å². The summed E-state index contributed by atoms with van der Waals surface area (Å²) in [6.07, 6.45) is 4.88. The van der Waals surface area contributed by atoms with Gasteiger partial charge in [0.1, 0.15) is 0 Å². The van der Waals surface area contributed by atoms with E-state index in [2.05, 4.69) is 40.1 Å². The Morgan fingerprint density at radius 1 is 1.00 bits per heavy atom. The van der Waals surface area contributed by atoms with Gasteiger partial charge in [-0.1, -0.05) is 36.8 Å². The maximum Gasteiger partial charge on any atom is 0.0822 e. The van der Waals surface area contributed by atoms with Crippen molar-refractivity contribution in [2.24, 2.45) is 0 Å². The Bertz CT molecular complexity index is 403. The molecule has 3 rings (SSSR count). The van der Waals surface area contributed by atoms with Gasteiger partial charge in [-0.25, -0.2) is 0 Å². The molecule has 2 aliphatic heterocycles. The lowest BCUT2D eigenvalue weighted by Crippen LogP contribution is -2.55. The van der Waals surface area contributed by atoms with E-state index in [4.69, 9.17) is 0 Å². The van der Waals surface area contributed by atoms with Crippen LogP contribution in [0, 0.1) is 0 Å². The molecular weight excluding hydrogens is 248 g/mol. The second kappa shape index (κ2) is 6.70. The van der Waals surface area contributed by atoms with Crippen LogP contribution in [0.15, 0.2) is 30.3 Å². The molecule has 0 spiro atoms. The monoisotopic (exact) mass is 274 g/mol. The van der Waals surface area contributed by atoms with E-state index in [0.29, 0.717) is 6.04 Å². The predicted molar refractivity (Wildman–Crippen MR) is 81.6 cm³/mol. The molecule has 1 N–H and O–H groups in total. The Balaban J connectivity index is 1.53. The van der Waals surface area contributed by atoms with Crippen molar-refractivity contribution in [3.05, 3.63) is 35.9 Å². The zero-order valence-electron chi connectivity index (χ0n) is 12.2. The molecule has 0 bridgehead atoms. The smallest absolute Gasteiger partial charge is 0.0822 e. The molecule has 2 heterocycles. The number of rotatable bonds is 3. The molecule has 110 valence electrons. The molecule has 0 amide bonds. The normalized spacial score (nSPS) is 29.4. The van der Waals surface area contributed by atoms with Crippen LogP contribution in [0.2, 0.25) is 0 Å². The van der Waals surface area contributed by atoms with Gasteiger partial charge in [-0.05, 0) is 37.9 Å². The van der Waals surface area contributed by atoms with Crippen molar-refractivity contribution in [2.75, 3.05) is 26.2 Å². The van der Waals surface area contributed by atoms with Crippen molar-refractivity contribution < 1.29 is 5.11 Å². The molecule has 0 aromatic heterocycles. The Kier molecular flexibility index (Phi) is 4.71. The minimum Gasteiger partial charge on any atom is -0.390 e. The first-order valence-electron chi connectivity index (χ1n) is 8.01. The predicted octanol–water partition coefficient (Wildman–Crippen LogP) is 2.11. The van der Waals surface area contributed by atoms with Crippen LogP contribution in [0.3, 0.4) is 0 Å². The fourth-order valence-corrected chi connectivity index (χ4v) is 3.65. The van der Waals surface area contributed by atoms with Crippen LogP contribution < -0.4 is 0 Å². The molecule has 2 aliphatic rings. The molecule has 3 heteroatoms. The third-order valence-electron chi connectivity index (χ3n) is 4.74. The van der Waals surface area contributed by atoms with Gasteiger partial charge in [-0.3, -0.25) is 9.80 Å². The summed E-state index contributed by atoms with van der Waals surface area (Å²) < 4.78 is 0. The van der Waals surface area contributed by atoms with Gasteiger partial charge >= 0.3 is 0 Å². The SMILES string of the molecule is O[C@H]1CN(Cc2ccccc2)CC[C@@H]1N1CCCCC1. The number of hydrogen-bond acceptors (Lipinski definition) is 3. The molecule has 1 aromatic carbocycles. The average molecular weight is 274 g/mol. The number of β-amino-alcohol motifs (C(OH)–C–C–N with tert-alkyl or cyclic N) is 1. The van der Waals surface area contributed by atoms with E-state index < -0.39 is 0 Å². The summed E-state index contributed by atoms with van der Waals surface area (Å²) in [7, 11) is 0. The minimum atomic E-state index is -0.189. The summed E-state index contributed by atoms with van der Waals surface area (Å²) in [5, 5.41) is 10.5. The standard InChI is InChI=1S/C17H26N2O/c20-17-14-18(13-15-7-3-1-4-8-15)12-9-16(17)19-10-5-2-6-11-19/h1,3-4,7-8,16-17,20H,2,5-6,9-14H2/t16-,17-/m0/s1. The van der Waals surface area contributed by atoms with E-state index in [1.165, 1.54) is 37.9 Å². The van der Waals surface area contributed by atoms with Crippen LogP contribution in [-0.2, 0) is 6.54 Å². The van der Waals surface area contributed by atoms with E-state index in [9.17, 15) is 5.11 Å². The molecule has 2 saturated heterocycles. The Hall–Kier alpha value is -0.900. The number of piperidine rings is 2. The first kappa shape index (κ1) is 14.1. The van der Waals surface area contributed by atoms with Gasteiger partial charge in [0.2, 0.25) is 0 Å². The summed E-state index contributed by atoms with van der Waals surface area (Å²) in [6.45, 7) is 5.24. The summed E-state index contributed by atoms with van der Waals surface area (Å²) in [4.78, 5) is 4.91. The highest BCUT2D eigenvalue weighted by Gasteiger charge is 2.32. The number of hydrogen-bond donors (Lipinski definition) is 1. The second-order valence-corrected chi connectivity index (χ2v) is 6.24. The van der Waals surface area contributed by atoms with E-state index in [1.54, 1.807) is 0 Å². The number of likely N-dealkylation sites (tertiary alicyclic amines) is 2. The largest absolute Gasteiger partial charge is 0.390 e. The number of aliphatic hydroxyl groups is 1. The fraction of sp³-hybridized carbons (Fsp3) is 0.647. The second-order valence-electron chi connectivity index (χ2n) is 6.24. The van der Waals surface area contributed by atoms with Gasteiger partial charge < -0.3 is 5.11 Å². The lowest BCUT2D eigenvalue weighted by atomic mass is 9.97. The molecule has 0 radical (unpaired) electrons. The Labute approximate surface area is 122 Å². The Morgan fingerprint density at radius 3 is 2.45 bits per heavy atom. The van der Waals surface area contributed by atoms with E-state index in [0.717, 1.165) is 26.1 Å². The van der Waals surface area contributed by atoms with Crippen LogP contribution in [0.4, 0.5) is 0 Å². The average Bonchev–Trinajstić information content (AvgIpc) is 2.49. The van der Waals surface area contributed by atoms with Gasteiger partial charge in [0.25, 0.3) is 0 Å². The van der Waals surface area contributed by atoms with E-state index in [1.807, 2.05) is 0 Å². The van der Waals surface area contributed by atoms with Crippen molar-refractivity contribution in [3.8, 4) is 0 Å². The molecule has 0 aliphatic carbocycles. The number of aliphatic hydroxyl groups excluding tert-OH is 1. The quantitative estimate of drug-likeness (QED) is 0.914. The first-order valence-corrected chi connectivity index (χ1v) is 8.01. The lowest BCUT2D eigenvalue weighted by Gasteiger charge is -2.43. The maximum atomic E-state index is 10.5. The maximum absolute atomic E-state index is 10.5. The van der Waals surface area contributed by atoms with Gasteiger partial charge in [-0.15, -0.1) is 0 Å². The molecule has 2 atom stereocenters. The zero-order chi connectivity index (χ0) is 13.8. The van der Waals surface area contributed by atoms with Crippen LogP contribution in [0.1, 0.15) is 31.2 Å². The molecule has 20 heavy (non-hydrogen) atoms. The van der Waals surface area contributed by atoms with E-state index >= 15 is 0 Å². The third kappa shape index (κ3) is 3.40. The van der Waals surface area contributed by atoms with Gasteiger partial charge in [0.05, 0.1) is 6.10 Å². The van der Waals surface area contributed by atoms with Crippen molar-refractivity contribution in [3.63, 3.8) is 0 Å². The molecule has 1 aromatic rings. The van der Waals surface area contributed by atoms with Crippen LogP contribution >= 0.6 is 0 Å². The highest BCUT2D eigenvalue weighted by Crippen LogP contribution is 2.22. The molecule has 3 nitrogen and oxygen atoms in total. The molecular formula is C17H26N2O. The summed E-state index contributed by atoms with van der Waals surface area (Å²) in [5.74, 6) is 0. The molecule has 2 fully saturated rings. The topological polar surface area (TPSA) is 26.7 Å². The van der Waals surface area contributed by atoms with Crippen molar-refractivity contribution >= 4 is 0 Å². The molecule has 0 saturated carbocycles. The van der Waals surface area contributed by atoms with E-state index in [-0.39, 0.29) is 6.10 Å². The molecule has 0 unspecified atom stereocenters. The van der Waals surface area contributed by atoms with Gasteiger partial charge in [0.15, 0.2) is 0 Å². The summed E-state index contributed by atoms with van der Waals surface area (Å²) in [6, 6.07) is 11.0. The zero-order valence-corrected chi connectivity index (χ0v) is 12.2. The highest BCUT2D eigenvalue weighted by molar-refractivity contribution is 5.14. The van der Waals surface area contributed by atoms with Gasteiger partial charge in [-0.2, -0.15) is 0 Å².